The topological polar surface area (TPSA) is 73.1 Å². The maximum Gasteiger partial charge on any atom is 0.240 e. The zero-order valence-corrected chi connectivity index (χ0v) is 18.1. The minimum atomic E-state index is -0.302. The smallest absolute Gasteiger partial charge is 0.240 e. The van der Waals surface area contributed by atoms with Gasteiger partial charge in [-0.25, -0.2) is 4.39 Å². The molecule has 0 aliphatic carbocycles. The molecule has 0 amide bonds. The van der Waals surface area contributed by atoms with Crippen LogP contribution in [0.25, 0.3) is 0 Å². The van der Waals surface area contributed by atoms with Gasteiger partial charge in [0.25, 0.3) is 0 Å². The summed E-state index contributed by atoms with van der Waals surface area (Å²) in [6.07, 6.45) is 0. The third kappa shape index (κ3) is 6.41. The number of halogens is 1. The number of benzene rings is 2. The van der Waals surface area contributed by atoms with E-state index < -0.39 is 0 Å². The first-order chi connectivity index (χ1) is 15.7. The van der Waals surface area contributed by atoms with E-state index in [1.165, 1.54) is 12.1 Å². The van der Waals surface area contributed by atoms with E-state index in [0.29, 0.717) is 30.6 Å². The molecule has 2 aromatic carbocycles. The molecule has 2 heterocycles. The molecule has 0 bridgehead atoms. The summed E-state index contributed by atoms with van der Waals surface area (Å²) in [5.41, 5.74) is 0. The lowest BCUT2D eigenvalue weighted by molar-refractivity contribution is 0.104. The largest absolute Gasteiger partial charge is 0.497 e. The third-order valence-corrected chi connectivity index (χ3v) is 5.25. The second-order valence-electron chi connectivity index (χ2n) is 7.49. The molecule has 1 aliphatic heterocycles. The number of hydrogen-bond donors (Lipinski definition) is 0. The Morgan fingerprint density at radius 2 is 1.50 bits per heavy atom. The summed E-state index contributed by atoms with van der Waals surface area (Å²) < 4.78 is 34.8. The van der Waals surface area contributed by atoms with Gasteiger partial charge in [-0.15, -0.1) is 0 Å². The Labute approximate surface area is 186 Å². The molecule has 0 radical (unpaired) electrons. The molecule has 0 spiro atoms. The Morgan fingerprint density at radius 1 is 0.875 bits per heavy atom. The Bertz CT molecular complexity index is 957. The average molecular weight is 442 g/mol. The normalized spacial score (nSPS) is 14.9. The van der Waals surface area contributed by atoms with Gasteiger partial charge in [0.2, 0.25) is 11.7 Å². The van der Waals surface area contributed by atoms with Crippen LogP contribution in [0.2, 0.25) is 0 Å². The molecule has 3 aromatic rings. The highest BCUT2D eigenvalue weighted by Gasteiger charge is 2.19. The summed E-state index contributed by atoms with van der Waals surface area (Å²) in [5, 5.41) is 3.96. The van der Waals surface area contributed by atoms with Gasteiger partial charge >= 0.3 is 0 Å². The lowest BCUT2D eigenvalue weighted by Crippen LogP contribution is -2.47. The molecule has 32 heavy (non-hydrogen) atoms. The summed E-state index contributed by atoms with van der Waals surface area (Å²) in [6.45, 7) is 6.08. The lowest BCUT2D eigenvalue weighted by atomic mass is 10.3. The minimum absolute atomic E-state index is 0.178. The first kappa shape index (κ1) is 22.0. The van der Waals surface area contributed by atoms with Crippen molar-refractivity contribution in [2.24, 2.45) is 0 Å². The van der Waals surface area contributed by atoms with Gasteiger partial charge in [-0.2, -0.15) is 4.98 Å². The van der Waals surface area contributed by atoms with Crippen molar-refractivity contribution in [1.29, 1.82) is 0 Å². The van der Waals surface area contributed by atoms with Crippen LogP contribution in [0, 0.1) is 5.82 Å². The standard InChI is InChI=1S/C23H27FN4O4/c1-29-19-6-8-20(9-7-19)30-15-14-27-10-12-28(13-11-27)16-23-25-22(26-32-23)17-31-21-4-2-18(24)3-5-21/h2-9H,10-17H2,1H3. The summed E-state index contributed by atoms with van der Waals surface area (Å²) in [4.78, 5) is 9.07. The van der Waals surface area contributed by atoms with Gasteiger partial charge in [0.1, 0.15) is 29.7 Å². The molecule has 0 saturated carbocycles. The number of aromatic nitrogens is 2. The molecular weight excluding hydrogens is 415 g/mol. The van der Waals surface area contributed by atoms with Crippen molar-refractivity contribution in [3.63, 3.8) is 0 Å². The predicted molar refractivity (Wildman–Crippen MR) is 115 cm³/mol. The maximum atomic E-state index is 12.9. The molecule has 0 atom stereocenters. The highest BCUT2D eigenvalue weighted by atomic mass is 19.1. The van der Waals surface area contributed by atoms with Gasteiger partial charge in [-0.05, 0) is 48.5 Å². The molecule has 1 fully saturated rings. The van der Waals surface area contributed by atoms with Crippen LogP contribution in [0.3, 0.4) is 0 Å². The quantitative estimate of drug-likeness (QED) is 0.475. The lowest BCUT2D eigenvalue weighted by Gasteiger charge is -2.33. The van der Waals surface area contributed by atoms with E-state index in [2.05, 4.69) is 19.9 Å². The van der Waals surface area contributed by atoms with Crippen molar-refractivity contribution >= 4 is 0 Å². The average Bonchev–Trinajstić information content (AvgIpc) is 3.27. The summed E-state index contributed by atoms with van der Waals surface area (Å²) in [6, 6.07) is 13.5. The van der Waals surface area contributed by atoms with Crippen LogP contribution in [0.15, 0.2) is 53.1 Å². The fraction of sp³-hybridized carbons (Fsp3) is 0.391. The van der Waals surface area contributed by atoms with Crippen LogP contribution in [-0.4, -0.2) is 66.4 Å². The van der Waals surface area contributed by atoms with E-state index in [-0.39, 0.29) is 12.4 Å². The molecular formula is C23H27FN4O4. The number of nitrogens with zero attached hydrogens (tertiary/aromatic N) is 4. The highest BCUT2D eigenvalue weighted by Crippen LogP contribution is 2.17. The van der Waals surface area contributed by atoms with Crippen LogP contribution in [-0.2, 0) is 13.2 Å². The second kappa shape index (κ2) is 10.9. The van der Waals surface area contributed by atoms with E-state index in [1.54, 1.807) is 19.2 Å². The van der Waals surface area contributed by atoms with Gasteiger partial charge in [0, 0.05) is 32.7 Å². The molecule has 1 aromatic heterocycles. The van der Waals surface area contributed by atoms with E-state index >= 15 is 0 Å². The van der Waals surface area contributed by atoms with Crippen molar-refractivity contribution in [3.05, 3.63) is 66.1 Å². The molecule has 0 unspecified atom stereocenters. The van der Waals surface area contributed by atoms with Crippen LogP contribution < -0.4 is 14.2 Å². The monoisotopic (exact) mass is 442 g/mol. The molecule has 9 heteroatoms. The fourth-order valence-corrected chi connectivity index (χ4v) is 3.42. The number of methoxy groups -OCH3 is 1. The van der Waals surface area contributed by atoms with Crippen molar-refractivity contribution in [3.8, 4) is 17.2 Å². The maximum absolute atomic E-state index is 12.9. The van der Waals surface area contributed by atoms with Gasteiger partial charge in [-0.1, -0.05) is 5.16 Å². The summed E-state index contributed by atoms with van der Waals surface area (Å²) >= 11 is 0. The van der Waals surface area contributed by atoms with Gasteiger partial charge in [-0.3, -0.25) is 9.80 Å². The first-order valence-electron chi connectivity index (χ1n) is 10.6. The minimum Gasteiger partial charge on any atom is -0.497 e. The molecule has 1 aliphatic rings. The Morgan fingerprint density at radius 3 is 2.22 bits per heavy atom. The third-order valence-electron chi connectivity index (χ3n) is 5.25. The number of hydrogen-bond acceptors (Lipinski definition) is 8. The van der Waals surface area contributed by atoms with E-state index in [4.69, 9.17) is 18.7 Å². The molecule has 0 N–H and O–H groups in total. The van der Waals surface area contributed by atoms with Gasteiger partial charge in [0.05, 0.1) is 13.7 Å². The van der Waals surface area contributed by atoms with Gasteiger partial charge in [0.15, 0.2) is 6.61 Å². The van der Waals surface area contributed by atoms with Crippen molar-refractivity contribution < 1.29 is 23.1 Å². The van der Waals surface area contributed by atoms with Crippen LogP contribution >= 0.6 is 0 Å². The molecule has 8 nitrogen and oxygen atoms in total. The summed E-state index contributed by atoms with van der Waals surface area (Å²) in [7, 11) is 1.65. The molecule has 170 valence electrons. The van der Waals surface area contributed by atoms with Crippen LogP contribution in [0.1, 0.15) is 11.7 Å². The molecule has 4 rings (SSSR count). The Kier molecular flexibility index (Phi) is 7.52. The number of ether oxygens (including phenoxy) is 3. The number of rotatable bonds is 10. The molecule has 1 saturated heterocycles. The van der Waals surface area contributed by atoms with Crippen molar-refractivity contribution in [2.75, 3.05) is 46.4 Å². The zero-order valence-electron chi connectivity index (χ0n) is 18.1. The summed E-state index contributed by atoms with van der Waals surface area (Å²) in [5.74, 6) is 2.97. The predicted octanol–water partition coefficient (Wildman–Crippen LogP) is 2.99. The zero-order chi connectivity index (χ0) is 22.2. The van der Waals surface area contributed by atoms with Gasteiger partial charge < -0.3 is 18.7 Å². The van der Waals surface area contributed by atoms with Crippen molar-refractivity contribution in [1.82, 2.24) is 19.9 Å². The van der Waals surface area contributed by atoms with E-state index in [1.807, 2.05) is 24.3 Å². The van der Waals surface area contributed by atoms with E-state index in [9.17, 15) is 4.39 Å². The fourth-order valence-electron chi connectivity index (χ4n) is 3.42. The SMILES string of the molecule is COc1ccc(OCCN2CCN(Cc3nc(COc4ccc(F)cc4)no3)CC2)cc1. The highest BCUT2D eigenvalue weighted by molar-refractivity contribution is 5.31. The van der Waals surface area contributed by atoms with Crippen molar-refractivity contribution in [2.45, 2.75) is 13.2 Å². The second-order valence-corrected chi connectivity index (χ2v) is 7.49. The van der Waals surface area contributed by atoms with Crippen LogP contribution in [0.4, 0.5) is 4.39 Å². The van der Waals surface area contributed by atoms with E-state index in [0.717, 1.165) is 44.2 Å². The Hall–Kier alpha value is -3.17. The Balaban J connectivity index is 1.14. The number of piperazine rings is 1. The first-order valence-corrected chi connectivity index (χ1v) is 10.6. The van der Waals surface area contributed by atoms with Crippen LogP contribution in [0.5, 0.6) is 17.2 Å².